The molecule has 0 saturated carbocycles. The minimum atomic E-state index is 0.868. The number of hydrogen-bond acceptors (Lipinski definition) is 3. The van der Waals surface area contributed by atoms with E-state index in [0.717, 1.165) is 21.7 Å². The molecule has 1 N–H and O–H groups in total. The number of aromatic nitrogens is 1. The van der Waals surface area contributed by atoms with Crippen LogP contribution in [0.3, 0.4) is 0 Å². The normalized spacial score (nSPS) is 10.3. The van der Waals surface area contributed by atoms with Gasteiger partial charge in [0, 0.05) is 9.37 Å². The molecule has 17 heavy (non-hydrogen) atoms. The highest BCUT2D eigenvalue weighted by molar-refractivity contribution is 9.10. The standard InChI is InChI=1S/C13H13BrN2S/c1-9-10(14)7-8-13(15-9)16-11-5-3-4-6-12(11)17-2/h3-8H,1-2H3,(H,15,16). The summed E-state index contributed by atoms with van der Waals surface area (Å²) in [7, 11) is 0. The van der Waals surface area contributed by atoms with Crippen LogP contribution < -0.4 is 5.32 Å². The fourth-order valence-corrected chi connectivity index (χ4v) is 2.27. The molecule has 0 saturated heterocycles. The summed E-state index contributed by atoms with van der Waals surface area (Å²) in [6.45, 7) is 1.98. The van der Waals surface area contributed by atoms with Crippen molar-refractivity contribution in [1.82, 2.24) is 4.98 Å². The lowest BCUT2D eigenvalue weighted by Gasteiger charge is -2.10. The molecular formula is C13H13BrN2S. The summed E-state index contributed by atoms with van der Waals surface area (Å²) in [5, 5.41) is 3.34. The highest BCUT2D eigenvalue weighted by Gasteiger charge is 2.03. The first kappa shape index (κ1) is 12.5. The number of thioether (sulfide) groups is 1. The van der Waals surface area contributed by atoms with E-state index < -0.39 is 0 Å². The van der Waals surface area contributed by atoms with Gasteiger partial charge in [-0.3, -0.25) is 0 Å². The molecule has 0 bridgehead atoms. The number of hydrogen-bond donors (Lipinski definition) is 1. The minimum absolute atomic E-state index is 0.868. The third-order valence-electron chi connectivity index (χ3n) is 2.39. The van der Waals surface area contributed by atoms with Crippen molar-refractivity contribution >= 4 is 39.2 Å². The van der Waals surface area contributed by atoms with Crippen LogP contribution in [0.5, 0.6) is 0 Å². The SMILES string of the molecule is CSc1ccccc1Nc1ccc(Br)c(C)n1. The number of rotatable bonds is 3. The van der Waals surface area contributed by atoms with Crippen molar-refractivity contribution in [3.8, 4) is 0 Å². The summed E-state index contributed by atoms with van der Waals surface area (Å²) in [6.07, 6.45) is 2.07. The van der Waals surface area contributed by atoms with E-state index in [-0.39, 0.29) is 0 Å². The Morgan fingerprint density at radius 1 is 1.18 bits per heavy atom. The van der Waals surface area contributed by atoms with E-state index >= 15 is 0 Å². The third-order valence-corrected chi connectivity index (χ3v) is 4.03. The number of anilines is 2. The van der Waals surface area contributed by atoms with Gasteiger partial charge in [0.2, 0.25) is 0 Å². The number of pyridine rings is 1. The Morgan fingerprint density at radius 3 is 2.65 bits per heavy atom. The lowest BCUT2D eigenvalue weighted by molar-refractivity contribution is 1.17. The van der Waals surface area contributed by atoms with Gasteiger partial charge in [-0.15, -0.1) is 11.8 Å². The highest BCUT2D eigenvalue weighted by Crippen LogP contribution is 2.27. The summed E-state index contributed by atoms with van der Waals surface area (Å²) >= 11 is 5.17. The Morgan fingerprint density at radius 2 is 1.94 bits per heavy atom. The van der Waals surface area contributed by atoms with E-state index in [1.807, 2.05) is 31.2 Å². The van der Waals surface area contributed by atoms with Crippen LogP contribution in [0.2, 0.25) is 0 Å². The molecule has 0 amide bonds. The molecule has 1 aromatic carbocycles. The molecule has 88 valence electrons. The summed E-state index contributed by atoms with van der Waals surface area (Å²) in [6, 6.07) is 12.2. The Labute approximate surface area is 114 Å². The Bertz CT molecular complexity index is 529. The number of halogens is 1. The minimum Gasteiger partial charge on any atom is -0.339 e. The van der Waals surface area contributed by atoms with Gasteiger partial charge in [-0.2, -0.15) is 0 Å². The van der Waals surface area contributed by atoms with E-state index in [1.165, 1.54) is 4.90 Å². The molecule has 1 heterocycles. The van der Waals surface area contributed by atoms with Gasteiger partial charge in [0.1, 0.15) is 5.82 Å². The summed E-state index contributed by atoms with van der Waals surface area (Å²) in [5.74, 6) is 0.868. The van der Waals surface area contributed by atoms with E-state index in [0.29, 0.717) is 0 Å². The zero-order valence-electron chi connectivity index (χ0n) is 9.70. The summed E-state index contributed by atoms with van der Waals surface area (Å²) in [4.78, 5) is 5.69. The molecule has 4 heteroatoms. The third kappa shape index (κ3) is 3.01. The molecule has 0 aliphatic carbocycles. The van der Waals surface area contributed by atoms with Crippen LogP contribution in [-0.2, 0) is 0 Å². The zero-order chi connectivity index (χ0) is 12.3. The smallest absolute Gasteiger partial charge is 0.130 e. The van der Waals surface area contributed by atoms with Gasteiger partial charge in [-0.25, -0.2) is 4.98 Å². The van der Waals surface area contributed by atoms with Crippen molar-refractivity contribution in [2.24, 2.45) is 0 Å². The molecular weight excluding hydrogens is 296 g/mol. The predicted molar refractivity (Wildman–Crippen MR) is 78.2 cm³/mol. The highest BCUT2D eigenvalue weighted by atomic mass is 79.9. The first-order valence-corrected chi connectivity index (χ1v) is 7.25. The average molecular weight is 309 g/mol. The summed E-state index contributed by atoms with van der Waals surface area (Å²) < 4.78 is 1.03. The maximum atomic E-state index is 4.48. The van der Waals surface area contributed by atoms with Crippen molar-refractivity contribution < 1.29 is 0 Å². The van der Waals surface area contributed by atoms with Gasteiger partial charge < -0.3 is 5.32 Å². The van der Waals surface area contributed by atoms with Crippen LogP contribution in [0.25, 0.3) is 0 Å². The monoisotopic (exact) mass is 308 g/mol. The van der Waals surface area contributed by atoms with Crippen LogP contribution in [0.1, 0.15) is 5.69 Å². The molecule has 0 unspecified atom stereocenters. The first-order valence-electron chi connectivity index (χ1n) is 5.24. The van der Waals surface area contributed by atoms with Crippen molar-refractivity contribution in [3.05, 3.63) is 46.6 Å². The number of nitrogens with zero attached hydrogens (tertiary/aromatic N) is 1. The number of aryl methyl sites for hydroxylation is 1. The maximum Gasteiger partial charge on any atom is 0.130 e. The molecule has 1 aromatic heterocycles. The lowest BCUT2D eigenvalue weighted by Crippen LogP contribution is -1.96. The Kier molecular flexibility index (Phi) is 4.07. The second kappa shape index (κ2) is 5.56. The maximum absolute atomic E-state index is 4.48. The molecule has 2 nitrogen and oxygen atoms in total. The fraction of sp³-hybridized carbons (Fsp3) is 0.154. The Hall–Kier alpha value is -1.00. The first-order chi connectivity index (χ1) is 8.20. The molecule has 0 aliphatic rings. The molecule has 0 atom stereocenters. The van der Waals surface area contributed by atoms with Crippen LogP contribution in [-0.4, -0.2) is 11.2 Å². The van der Waals surface area contributed by atoms with Crippen molar-refractivity contribution in [2.75, 3.05) is 11.6 Å². The largest absolute Gasteiger partial charge is 0.339 e. The lowest BCUT2D eigenvalue weighted by atomic mass is 10.3. The molecule has 0 radical (unpaired) electrons. The second-order valence-electron chi connectivity index (χ2n) is 3.59. The molecule has 2 rings (SSSR count). The summed E-state index contributed by atoms with van der Waals surface area (Å²) in [5.41, 5.74) is 2.07. The van der Waals surface area contributed by atoms with Crippen molar-refractivity contribution in [2.45, 2.75) is 11.8 Å². The van der Waals surface area contributed by atoms with Crippen molar-refractivity contribution in [3.63, 3.8) is 0 Å². The van der Waals surface area contributed by atoms with Gasteiger partial charge in [-0.1, -0.05) is 12.1 Å². The Balaban J connectivity index is 2.28. The van der Waals surface area contributed by atoms with Gasteiger partial charge >= 0.3 is 0 Å². The number of benzene rings is 1. The predicted octanol–water partition coefficient (Wildman–Crippen LogP) is 4.62. The van der Waals surface area contributed by atoms with Crippen LogP contribution in [0.15, 0.2) is 45.8 Å². The fourth-order valence-electron chi connectivity index (χ4n) is 1.50. The number of para-hydroxylation sites is 1. The van der Waals surface area contributed by atoms with Gasteiger partial charge in [-0.05, 0) is 53.4 Å². The van der Waals surface area contributed by atoms with E-state index in [1.54, 1.807) is 11.8 Å². The molecule has 0 aliphatic heterocycles. The topological polar surface area (TPSA) is 24.9 Å². The van der Waals surface area contributed by atoms with Gasteiger partial charge in [0.25, 0.3) is 0 Å². The quantitative estimate of drug-likeness (QED) is 0.838. The molecule has 0 spiro atoms. The molecule has 2 aromatic rings. The van der Waals surface area contributed by atoms with Gasteiger partial charge in [0.05, 0.1) is 11.4 Å². The van der Waals surface area contributed by atoms with Crippen molar-refractivity contribution in [1.29, 1.82) is 0 Å². The average Bonchev–Trinajstić information content (AvgIpc) is 2.34. The number of nitrogens with one attached hydrogen (secondary N) is 1. The van der Waals surface area contributed by atoms with Crippen LogP contribution in [0.4, 0.5) is 11.5 Å². The van der Waals surface area contributed by atoms with E-state index in [9.17, 15) is 0 Å². The molecule has 0 fully saturated rings. The van der Waals surface area contributed by atoms with E-state index in [2.05, 4.69) is 44.6 Å². The van der Waals surface area contributed by atoms with Gasteiger partial charge in [0.15, 0.2) is 0 Å². The zero-order valence-corrected chi connectivity index (χ0v) is 12.1. The van der Waals surface area contributed by atoms with Crippen LogP contribution >= 0.6 is 27.7 Å². The van der Waals surface area contributed by atoms with Crippen LogP contribution in [0, 0.1) is 6.92 Å². The second-order valence-corrected chi connectivity index (χ2v) is 5.29. The van der Waals surface area contributed by atoms with E-state index in [4.69, 9.17) is 0 Å².